The standard InChI is InChI=1S/C21H23NO2/c1-24-19-12-6-11-18(15-19)20(16-7-3-2-4-8-16)13-14-22-21(23)17-9-5-10-17/h2-4,6-8,11-13,15,17H,5,9-10,14H2,1H3,(H,22,23)/b20-13+. The van der Waals surface area contributed by atoms with Crippen LogP contribution in [0.3, 0.4) is 0 Å². The van der Waals surface area contributed by atoms with E-state index in [4.69, 9.17) is 4.74 Å². The van der Waals surface area contributed by atoms with Crippen LogP contribution in [0.15, 0.2) is 60.7 Å². The van der Waals surface area contributed by atoms with Crippen molar-refractivity contribution < 1.29 is 9.53 Å². The highest BCUT2D eigenvalue weighted by molar-refractivity contribution is 5.82. The van der Waals surface area contributed by atoms with Gasteiger partial charge >= 0.3 is 0 Å². The summed E-state index contributed by atoms with van der Waals surface area (Å²) < 4.78 is 5.34. The third-order valence-electron chi connectivity index (χ3n) is 4.52. The number of rotatable bonds is 6. The van der Waals surface area contributed by atoms with Crippen LogP contribution >= 0.6 is 0 Å². The summed E-state index contributed by atoms with van der Waals surface area (Å²) in [7, 11) is 1.67. The number of hydrogen-bond donors (Lipinski definition) is 1. The zero-order chi connectivity index (χ0) is 16.8. The summed E-state index contributed by atoms with van der Waals surface area (Å²) in [5.41, 5.74) is 3.31. The molecule has 24 heavy (non-hydrogen) atoms. The molecule has 3 nitrogen and oxygen atoms in total. The van der Waals surface area contributed by atoms with E-state index in [2.05, 4.69) is 29.6 Å². The molecule has 1 fully saturated rings. The van der Waals surface area contributed by atoms with Gasteiger partial charge in [-0.2, -0.15) is 0 Å². The maximum Gasteiger partial charge on any atom is 0.223 e. The molecule has 0 heterocycles. The molecular weight excluding hydrogens is 298 g/mol. The third-order valence-corrected chi connectivity index (χ3v) is 4.52. The number of carbonyl (C=O) groups excluding carboxylic acids is 1. The Hall–Kier alpha value is -2.55. The second-order valence-electron chi connectivity index (χ2n) is 6.09. The Morgan fingerprint density at radius 2 is 1.88 bits per heavy atom. The summed E-state index contributed by atoms with van der Waals surface area (Å²) in [6, 6.07) is 18.2. The summed E-state index contributed by atoms with van der Waals surface area (Å²) in [5, 5.41) is 3.04. The van der Waals surface area contributed by atoms with Crippen molar-refractivity contribution in [2.45, 2.75) is 19.3 Å². The van der Waals surface area contributed by atoms with Crippen molar-refractivity contribution in [1.29, 1.82) is 0 Å². The van der Waals surface area contributed by atoms with Gasteiger partial charge in [0.1, 0.15) is 5.75 Å². The van der Waals surface area contributed by atoms with Crippen LogP contribution in [0.5, 0.6) is 5.75 Å². The van der Waals surface area contributed by atoms with Crippen LogP contribution < -0.4 is 10.1 Å². The monoisotopic (exact) mass is 321 g/mol. The highest BCUT2D eigenvalue weighted by atomic mass is 16.5. The van der Waals surface area contributed by atoms with E-state index in [0.717, 1.165) is 35.3 Å². The predicted octanol–water partition coefficient (Wildman–Crippen LogP) is 4.04. The highest BCUT2D eigenvalue weighted by Crippen LogP contribution is 2.27. The number of amides is 1. The lowest BCUT2D eigenvalue weighted by Gasteiger charge is -2.23. The summed E-state index contributed by atoms with van der Waals surface area (Å²) >= 11 is 0. The Morgan fingerprint density at radius 1 is 1.12 bits per heavy atom. The van der Waals surface area contributed by atoms with Crippen LogP contribution in [-0.2, 0) is 4.79 Å². The van der Waals surface area contributed by atoms with Crippen LogP contribution in [0.25, 0.3) is 5.57 Å². The molecule has 0 aromatic heterocycles. The maximum atomic E-state index is 12.0. The van der Waals surface area contributed by atoms with E-state index in [0.29, 0.717) is 6.54 Å². The first-order valence-electron chi connectivity index (χ1n) is 8.45. The summed E-state index contributed by atoms with van der Waals surface area (Å²) in [4.78, 5) is 12.0. The van der Waals surface area contributed by atoms with E-state index < -0.39 is 0 Å². The lowest BCUT2D eigenvalue weighted by Crippen LogP contribution is -2.34. The molecule has 0 atom stereocenters. The summed E-state index contributed by atoms with van der Waals surface area (Å²) in [6.07, 6.45) is 5.31. The average molecular weight is 321 g/mol. The number of hydrogen-bond acceptors (Lipinski definition) is 2. The average Bonchev–Trinajstić information content (AvgIpc) is 2.58. The van der Waals surface area contributed by atoms with E-state index in [1.165, 1.54) is 6.42 Å². The summed E-state index contributed by atoms with van der Waals surface area (Å²) in [5.74, 6) is 1.22. The van der Waals surface area contributed by atoms with Gasteiger partial charge in [0, 0.05) is 12.5 Å². The van der Waals surface area contributed by atoms with Crippen LogP contribution in [0.1, 0.15) is 30.4 Å². The summed E-state index contributed by atoms with van der Waals surface area (Å²) in [6.45, 7) is 0.538. The van der Waals surface area contributed by atoms with Crippen molar-refractivity contribution in [3.8, 4) is 5.75 Å². The molecule has 1 aliphatic rings. The second-order valence-corrected chi connectivity index (χ2v) is 6.09. The lowest BCUT2D eigenvalue weighted by atomic mass is 9.85. The molecule has 1 amide bonds. The molecule has 2 aromatic rings. The minimum atomic E-state index is 0.176. The van der Waals surface area contributed by atoms with Gasteiger partial charge in [-0.05, 0) is 41.7 Å². The molecule has 0 unspecified atom stereocenters. The number of benzene rings is 2. The van der Waals surface area contributed by atoms with Gasteiger partial charge in [-0.25, -0.2) is 0 Å². The zero-order valence-corrected chi connectivity index (χ0v) is 14.0. The van der Waals surface area contributed by atoms with Gasteiger partial charge in [-0.3, -0.25) is 4.79 Å². The number of nitrogens with one attached hydrogen (secondary N) is 1. The van der Waals surface area contributed by atoms with E-state index in [1.54, 1.807) is 7.11 Å². The third kappa shape index (κ3) is 3.85. The molecule has 0 spiro atoms. The molecule has 0 saturated heterocycles. The van der Waals surface area contributed by atoms with Crippen LogP contribution in [0.4, 0.5) is 0 Å². The van der Waals surface area contributed by atoms with E-state index in [1.807, 2.05) is 36.4 Å². The first-order valence-corrected chi connectivity index (χ1v) is 8.45. The minimum absolute atomic E-state index is 0.176. The van der Waals surface area contributed by atoms with Crippen molar-refractivity contribution in [2.24, 2.45) is 5.92 Å². The van der Waals surface area contributed by atoms with Gasteiger partial charge < -0.3 is 10.1 Å². The molecule has 124 valence electrons. The van der Waals surface area contributed by atoms with Gasteiger partial charge in [0.05, 0.1) is 7.11 Å². The lowest BCUT2D eigenvalue weighted by molar-refractivity contribution is -0.127. The van der Waals surface area contributed by atoms with Gasteiger partial charge in [-0.15, -0.1) is 0 Å². The van der Waals surface area contributed by atoms with Crippen molar-refractivity contribution in [3.05, 3.63) is 71.8 Å². The van der Waals surface area contributed by atoms with Crippen LogP contribution in [0, 0.1) is 5.92 Å². The molecule has 2 aromatic carbocycles. The second kappa shape index (κ2) is 7.82. The number of ether oxygens (including phenoxy) is 1. The van der Waals surface area contributed by atoms with Gasteiger partial charge in [-0.1, -0.05) is 55.0 Å². The maximum absolute atomic E-state index is 12.0. The van der Waals surface area contributed by atoms with Crippen LogP contribution in [0.2, 0.25) is 0 Å². The van der Waals surface area contributed by atoms with E-state index in [-0.39, 0.29) is 11.8 Å². The molecule has 0 radical (unpaired) electrons. The smallest absolute Gasteiger partial charge is 0.223 e. The highest BCUT2D eigenvalue weighted by Gasteiger charge is 2.24. The number of carbonyl (C=O) groups is 1. The molecular formula is C21H23NO2. The van der Waals surface area contributed by atoms with Gasteiger partial charge in [0.25, 0.3) is 0 Å². The first kappa shape index (κ1) is 16.3. The predicted molar refractivity (Wildman–Crippen MR) is 96.9 cm³/mol. The molecule has 3 heteroatoms. The van der Waals surface area contributed by atoms with Crippen molar-refractivity contribution in [1.82, 2.24) is 5.32 Å². The molecule has 1 saturated carbocycles. The molecule has 3 rings (SSSR count). The Morgan fingerprint density at radius 3 is 2.54 bits per heavy atom. The topological polar surface area (TPSA) is 38.3 Å². The Balaban J connectivity index is 1.81. The Labute approximate surface area is 143 Å². The number of methoxy groups -OCH3 is 1. The Bertz CT molecular complexity index is 718. The fraction of sp³-hybridized carbons (Fsp3) is 0.286. The van der Waals surface area contributed by atoms with Crippen molar-refractivity contribution in [3.63, 3.8) is 0 Å². The molecule has 0 bridgehead atoms. The van der Waals surface area contributed by atoms with Gasteiger partial charge in [0.15, 0.2) is 0 Å². The largest absolute Gasteiger partial charge is 0.497 e. The van der Waals surface area contributed by atoms with Gasteiger partial charge in [0.2, 0.25) is 5.91 Å². The fourth-order valence-corrected chi connectivity index (χ4v) is 2.88. The van der Waals surface area contributed by atoms with Crippen molar-refractivity contribution >= 4 is 11.5 Å². The zero-order valence-electron chi connectivity index (χ0n) is 14.0. The normalized spacial score (nSPS) is 14.8. The van der Waals surface area contributed by atoms with E-state index in [9.17, 15) is 4.79 Å². The molecule has 1 aliphatic carbocycles. The van der Waals surface area contributed by atoms with Crippen LogP contribution in [-0.4, -0.2) is 19.6 Å². The molecule has 1 N–H and O–H groups in total. The quantitative estimate of drug-likeness (QED) is 0.872. The van der Waals surface area contributed by atoms with Crippen molar-refractivity contribution in [2.75, 3.05) is 13.7 Å². The first-order chi connectivity index (χ1) is 11.8. The Kier molecular flexibility index (Phi) is 5.32. The SMILES string of the molecule is COc1cccc(/C(=C/CNC(=O)C2CCC2)c2ccccc2)c1. The molecule has 0 aliphatic heterocycles. The fourth-order valence-electron chi connectivity index (χ4n) is 2.88. The van der Waals surface area contributed by atoms with E-state index >= 15 is 0 Å². The minimum Gasteiger partial charge on any atom is -0.497 e.